The van der Waals surface area contributed by atoms with Crippen molar-refractivity contribution < 1.29 is 4.42 Å². The number of nitrogens with zero attached hydrogens (tertiary/aromatic N) is 1. The molecule has 0 unspecified atom stereocenters. The fourth-order valence-corrected chi connectivity index (χ4v) is 2.30. The molecule has 1 N–H and O–H groups in total. The van der Waals surface area contributed by atoms with Crippen molar-refractivity contribution in [2.75, 3.05) is 0 Å². The molecule has 0 bridgehead atoms. The molecule has 0 atom stereocenters. The van der Waals surface area contributed by atoms with Gasteiger partial charge in [0.1, 0.15) is 0 Å². The Morgan fingerprint density at radius 1 is 1.26 bits per heavy atom. The van der Waals surface area contributed by atoms with Gasteiger partial charge in [-0.25, -0.2) is 4.79 Å². The van der Waals surface area contributed by atoms with Crippen molar-refractivity contribution in [3.63, 3.8) is 0 Å². The minimum Gasteiger partial charge on any atom is -0.408 e. The zero-order chi connectivity index (χ0) is 13.2. The number of hydrogen-bond donors (Lipinski definition) is 1. The Hall–Kier alpha value is -2.36. The summed E-state index contributed by atoms with van der Waals surface area (Å²) in [5.41, 5.74) is 2.66. The van der Waals surface area contributed by atoms with Crippen LogP contribution in [0.1, 0.15) is 19.0 Å². The minimum absolute atomic E-state index is 0.403. The number of aryl methyl sites for hydroxylation is 1. The van der Waals surface area contributed by atoms with Gasteiger partial charge >= 0.3 is 5.76 Å². The molecular weight excluding hydrogens is 240 g/mol. The van der Waals surface area contributed by atoms with Crippen LogP contribution in [0.3, 0.4) is 0 Å². The monoisotopic (exact) mass is 254 g/mol. The Labute approximate surface area is 110 Å². The van der Waals surface area contributed by atoms with E-state index in [0.717, 1.165) is 35.0 Å². The molecule has 2 aromatic heterocycles. The maximum absolute atomic E-state index is 11.5. The van der Waals surface area contributed by atoms with E-state index >= 15 is 0 Å². The Balaban J connectivity index is 2.27. The third-order valence-corrected chi connectivity index (χ3v) is 3.12. The lowest BCUT2D eigenvalue weighted by Crippen LogP contribution is -1.96. The molecule has 0 saturated heterocycles. The van der Waals surface area contributed by atoms with Crippen LogP contribution in [0.5, 0.6) is 0 Å². The van der Waals surface area contributed by atoms with Crippen LogP contribution in [0.25, 0.3) is 22.2 Å². The number of H-pyrrole nitrogens is 1. The fourth-order valence-electron chi connectivity index (χ4n) is 2.30. The molecule has 0 aliphatic rings. The Bertz CT molecular complexity index is 766. The molecule has 0 spiro atoms. The molecular formula is C15H14N2O2. The van der Waals surface area contributed by atoms with Crippen molar-refractivity contribution in [2.45, 2.75) is 19.8 Å². The van der Waals surface area contributed by atoms with Gasteiger partial charge in [-0.05, 0) is 18.6 Å². The third kappa shape index (κ3) is 2.05. The molecule has 96 valence electrons. The first kappa shape index (κ1) is 11.7. The van der Waals surface area contributed by atoms with Gasteiger partial charge < -0.3 is 4.42 Å². The number of aromatic nitrogens is 2. The SMILES string of the molecule is CCCc1[nH]c(=O)oc1-c1ccnc2ccccc12. The molecule has 2 heterocycles. The van der Waals surface area contributed by atoms with E-state index in [1.165, 1.54) is 0 Å². The number of rotatable bonds is 3. The summed E-state index contributed by atoms with van der Waals surface area (Å²) in [4.78, 5) is 18.5. The minimum atomic E-state index is -0.403. The quantitative estimate of drug-likeness (QED) is 0.781. The van der Waals surface area contributed by atoms with Crippen LogP contribution in [0, 0.1) is 0 Å². The van der Waals surface area contributed by atoms with Crippen LogP contribution in [-0.4, -0.2) is 9.97 Å². The summed E-state index contributed by atoms with van der Waals surface area (Å²) in [7, 11) is 0. The highest BCUT2D eigenvalue weighted by molar-refractivity contribution is 5.93. The number of hydrogen-bond acceptors (Lipinski definition) is 3. The lowest BCUT2D eigenvalue weighted by atomic mass is 10.0. The largest absolute Gasteiger partial charge is 0.417 e. The van der Waals surface area contributed by atoms with Gasteiger partial charge in [-0.3, -0.25) is 9.97 Å². The molecule has 0 radical (unpaired) electrons. The zero-order valence-electron chi connectivity index (χ0n) is 10.6. The van der Waals surface area contributed by atoms with Crippen LogP contribution >= 0.6 is 0 Å². The van der Waals surface area contributed by atoms with Crippen molar-refractivity contribution in [1.29, 1.82) is 0 Å². The summed E-state index contributed by atoms with van der Waals surface area (Å²) in [6.45, 7) is 2.07. The summed E-state index contributed by atoms with van der Waals surface area (Å²) < 4.78 is 5.32. The van der Waals surface area contributed by atoms with Crippen LogP contribution in [0.4, 0.5) is 0 Å². The maximum atomic E-state index is 11.5. The lowest BCUT2D eigenvalue weighted by Gasteiger charge is -2.04. The number of aromatic amines is 1. The summed E-state index contributed by atoms with van der Waals surface area (Å²) in [6.07, 6.45) is 3.48. The van der Waals surface area contributed by atoms with Gasteiger partial charge in [-0.1, -0.05) is 31.5 Å². The van der Waals surface area contributed by atoms with Gasteiger partial charge in [0.2, 0.25) is 0 Å². The van der Waals surface area contributed by atoms with Gasteiger partial charge in [0.15, 0.2) is 5.76 Å². The van der Waals surface area contributed by atoms with Crippen LogP contribution in [-0.2, 0) is 6.42 Å². The smallest absolute Gasteiger partial charge is 0.408 e. The van der Waals surface area contributed by atoms with Crippen molar-refractivity contribution in [3.8, 4) is 11.3 Å². The van der Waals surface area contributed by atoms with Crippen LogP contribution in [0.15, 0.2) is 45.7 Å². The molecule has 0 aliphatic carbocycles. The topological polar surface area (TPSA) is 58.9 Å². The third-order valence-electron chi connectivity index (χ3n) is 3.12. The highest BCUT2D eigenvalue weighted by Gasteiger charge is 2.14. The van der Waals surface area contributed by atoms with Gasteiger partial charge in [-0.2, -0.15) is 0 Å². The standard InChI is InChI=1S/C15H14N2O2/c1-2-5-13-14(19-15(18)17-13)11-8-9-16-12-7-4-3-6-10(11)12/h3-4,6-9H,2,5H2,1H3,(H,17,18). The number of pyridine rings is 1. The molecule has 0 amide bonds. The van der Waals surface area contributed by atoms with Crippen molar-refractivity contribution >= 4 is 10.9 Å². The Morgan fingerprint density at radius 3 is 2.95 bits per heavy atom. The Morgan fingerprint density at radius 2 is 2.11 bits per heavy atom. The van der Waals surface area contributed by atoms with E-state index in [2.05, 4.69) is 16.9 Å². The highest BCUT2D eigenvalue weighted by atomic mass is 16.4. The number of benzene rings is 1. The predicted molar refractivity (Wildman–Crippen MR) is 74.1 cm³/mol. The summed E-state index contributed by atoms with van der Waals surface area (Å²) >= 11 is 0. The van der Waals surface area contributed by atoms with Crippen molar-refractivity contribution in [1.82, 2.24) is 9.97 Å². The molecule has 4 heteroatoms. The van der Waals surface area contributed by atoms with E-state index in [0.29, 0.717) is 5.76 Å². The average Bonchev–Trinajstić information content (AvgIpc) is 2.79. The van der Waals surface area contributed by atoms with E-state index in [9.17, 15) is 4.79 Å². The number of nitrogens with one attached hydrogen (secondary N) is 1. The van der Waals surface area contributed by atoms with Gasteiger partial charge in [0.05, 0.1) is 11.2 Å². The summed E-state index contributed by atoms with van der Waals surface area (Å²) in [5, 5.41) is 0.991. The average molecular weight is 254 g/mol. The number of oxazole rings is 1. The fraction of sp³-hybridized carbons (Fsp3) is 0.200. The van der Waals surface area contributed by atoms with Gasteiger partial charge in [0.25, 0.3) is 0 Å². The van der Waals surface area contributed by atoms with E-state index in [1.807, 2.05) is 30.3 Å². The molecule has 1 aromatic carbocycles. The maximum Gasteiger partial charge on any atom is 0.417 e. The number of fused-ring (bicyclic) bond motifs is 1. The number of para-hydroxylation sites is 1. The first-order valence-corrected chi connectivity index (χ1v) is 6.35. The lowest BCUT2D eigenvalue weighted by molar-refractivity contribution is 0.528. The molecule has 4 nitrogen and oxygen atoms in total. The molecule has 0 fully saturated rings. The van der Waals surface area contributed by atoms with Crippen molar-refractivity contribution in [3.05, 3.63) is 52.8 Å². The van der Waals surface area contributed by atoms with Gasteiger partial charge in [-0.15, -0.1) is 0 Å². The molecule has 3 rings (SSSR count). The van der Waals surface area contributed by atoms with Crippen LogP contribution < -0.4 is 5.76 Å². The second kappa shape index (κ2) is 4.72. The van der Waals surface area contributed by atoms with E-state index < -0.39 is 5.76 Å². The van der Waals surface area contributed by atoms with E-state index in [1.54, 1.807) is 6.20 Å². The first-order valence-electron chi connectivity index (χ1n) is 6.35. The molecule has 0 saturated carbocycles. The molecule has 19 heavy (non-hydrogen) atoms. The second-order valence-electron chi connectivity index (χ2n) is 4.45. The van der Waals surface area contributed by atoms with Crippen molar-refractivity contribution in [2.24, 2.45) is 0 Å². The first-order chi connectivity index (χ1) is 9.29. The molecule has 3 aromatic rings. The molecule has 0 aliphatic heterocycles. The van der Waals surface area contributed by atoms with E-state index in [-0.39, 0.29) is 0 Å². The zero-order valence-corrected chi connectivity index (χ0v) is 10.6. The second-order valence-corrected chi connectivity index (χ2v) is 4.45. The normalized spacial score (nSPS) is 11.0. The summed E-state index contributed by atoms with van der Waals surface area (Å²) in [6, 6.07) is 9.72. The van der Waals surface area contributed by atoms with Crippen LogP contribution in [0.2, 0.25) is 0 Å². The Kier molecular flexibility index (Phi) is 2.91. The summed E-state index contributed by atoms with van der Waals surface area (Å²) in [5.74, 6) is 0.227. The van der Waals surface area contributed by atoms with Gasteiger partial charge in [0, 0.05) is 17.1 Å². The highest BCUT2D eigenvalue weighted by Crippen LogP contribution is 2.29. The predicted octanol–water partition coefficient (Wildman–Crippen LogP) is 3.14. The van der Waals surface area contributed by atoms with E-state index in [4.69, 9.17) is 4.42 Å².